The van der Waals surface area contributed by atoms with Gasteiger partial charge in [0.05, 0.1) is 33.8 Å². The van der Waals surface area contributed by atoms with Crippen LogP contribution < -0.4 is 5.32 Å². The summed E-state index contributed by atoms with van der Waals surface area (Å²) in [6.07, 6.45) is 67.1. The number of unbranched alkanes of at least 4 members (excludes halogenated alkanes) is 26. The fourth-order valence-electron chi connectivity index (χ4n) is 8.06. The van der Waals surface area contributed by atoms with Crippen molar-refractivity contribution in [3.05, 3.63) is 85.1 Å². The molecule has 0 aliphatic rings. The van der Waals surface area contributed by atoms with Crippen molar-refractivity contribution in [2.45, 2.75) is 258 Å². The summed E-state index contributed by atoms with van der Waals surface area (Å²) in [5.74, 6) is -0.537. The number of carbonyl (C=O) groups is 2. The molecular formula is C62H112N2O7P+. The van der Waals surface area contributed by atoms with Gasteiger partial charge in [0, 0.05) is 12.8 Å². The maximum Gasteiger partial charge on any atom is 0.472 e. The molecule has 0 radical (unpaired) electrons. The highest BCUT2D eigenvalue weighted by Crippen LogP contribution is 2.43. The zero-order chi connectivity index (χ0) is 52.9. The van der Waals surface area contributed by atoms with E-state index < -0.39 is 20.0 Å². The number of esters is 1. The molecule has 3 atom stereocenters. The Morgan fingerprint density at radius 2 is 0.944 bits per heavy atom. The molecule has 0 aromatic carbocycles. The molecule has 0 rings (SSSR count). The first-order valence-electron chi connectivity index (χ1n) is 29.4. The van der Waals surface area contributed by atoms with Gasteiger partial charge < -0.3 is 19.4 Å². The van der Waals surface area contributed by atoms with Crippen molar-refractivity contribution in [1.82, 2.24) is 5.32 Å². The molecule has 0 aromatic heterocycles. The summed E-state index contributed by atoms with van der Waals surface area (Å²) in [5.41, 5.74) is 0. The van der Waals surface area contributed by atoms with E-state index in [9.17, 15) is 19.0 Å². The molecule has 0 fully saturated rings. The lowest BCUT2D eigenvalue weighted by Gasteiger charge is -2.27. The average molecular weight is 1030 g/mol. The molecule has 0 saturated carbocycles. The van der Waals surface area contributed by atoms with Gasteiger partial charge in [-0.05, 0) is 89.5 Å². The van der Waals surface area contributed by atoms with E-state index in [1.807, 2.05) is 33.3 Å². The Labute approximate surface area is 444 Å². The maximum absolute atomic E-state index is 13.5. The van der Waals surface area contributed by atoms with Gasteiger partial charge in [0.1, 0.15) is 19.3 Å². The smallest absolute Gasteiger partial charge is 0.456 e. The number of ether oxygens (including phenoxy) is 1. The second-order valence-electron chi connectivity index (χ2n) is 20.8. The number of carbonyl (C=O) groups excluding carboxylic acids is 2. The highest BCUT2D eigenvalue weighted by molar-refractivity contribution is 7.47. The monoisotopic (exact) mass is 1030 g/mol. The number of phosphoric ester groups is 1. The molecule has 0 bridgehead atoms. The fourth-order valence-corrected chi connectivity index (χ4v) is 8.80. The van der Waals surface area contributed by atoms with Crippen molar-refractivity contribution in [1.29, 1.82) is 0 Å². The van der Waals surface area contributed by atoms with E-state index >= 15 is 0 Å². The number of quaternary nitrogens is 1. The van der Waals surface area contributed by atoms with Crippen LogP contribution in [0.2, 0.25) is 0 Å². The van der Waals surface area contributed by atoms with Crippen LogP contribution in [0.4, 0.5) is 0 Å². The van der Waals surface area contributed by atoms with Gasteiger partial charge in [-0.3, -0.25) is 18.6 Å². The number of nitrogens with zero attached hydrogens (tertiary/aromatic N) is 1. The van der Waals surface area contributed by atoms with Gasteiger partial charge in [0.25, 0.3) is 0 Å². The number of phosphoric acid groups is 1. The minimum absolute atomic E-state index is 0.0317. The van der Waals surface area contributed by atoms with Gasteiger partial charge in [0.15, 0.2) is 0 Å². The molecule has 2 N–H and O–H groups in total. The Hall–Kier alpha value is -2.81. The van der Waals surface area contributed by atoms with E-state index in [1.165, 1.54) is 109 Å². The van der Waals surface area contributed by atoms with Crippen molar-refractivity contribution in [3.8, 4) is 0 Å². The lowest BCUT2D eigenvalue weighted by molar-refractivity contribution is -0.870. The predicted molar refractivity (Wildman–Crippen MR) is 309 cm³/mol. The second-order valence-corrected chi connectivity index (χ2v) is 22.3. The van der Waals surface area contributed by atoms with Crippen LogP contribution in [0.15, 0.2) is 85.1 Å². The quantitative estimate of drug-likeness (QED) is 0.0156. The second kappa shape index (κ2) is 51.7. The van der Waals surface area contributed by atoms with Crippen LogP contribution in [-0.4, -0.2) is 74.3 Å². The Balaban J connectivity index is 5.35. The highest BCUT2D eigenvalue weighted by Gasteiger charge is 2.30. The average Bonchev–Trinajstić information content (AvgIpc) is 3.34. The summed E-state index contributed by atoms with van der Waals surface area (Å²) in [4.78, 5) is 37.6. The maximum atomic E-state index is 13.5. The summed E-state index contributed by atoms with van der Waals surface area (Å²) in [5, 5.41) is 3.04. The molecule has 3 unspecified atom stereocenters. The summed E-state index contributed by atoms with van der Waals surface area (Å²) in [6.45, 7) is 6.83. The third-order valence-electron chi connectivity index (χ3n) is 12.6. The first-order chi connectivity index (χ1) is 34.9. The molecule has 0 saturated heterocycles. The van der Waals surface area contributed by atoms with Crippen molar-refractivity contribution < 1.29 is 37.3 Å². The summed E-state index contributed by atoms with van der Waals surface area (Å²) < 4.78 is 30.6. The summed E-state index contributed by atoms with van der Waals surface area (Å²) in [7, 11) is 1.47. The van der Waals surface area contributed by atoms with E-state index in [0.29, 0.717) is 17.4 Å². The first-order valence-corrected chi connectivity index (χ1v) is 30.9. The van der Waals surface area contributed by atoms with Crippen molar-refractivity contribution in [2.24, 2.45) is 0 Å². The van der Waals surface area contributed by atoms with Crippen molar-refractivity contribution in [2.75, 3.05) is 40.9 Å². The van der Waals surface area contributed by atoms with Crippen LogP contribution in [0.1, 0.15) is 245 Å². The molecule has 0 aliphatic carbocycles. The van der Waals surface area contributed by atoms with E-state index in [-0.39, 0.29) is 31.5 Å². The zero-order valence-corrected chi connectivity index (χ0v) is 48.3. The number of rotatable bonds is 52. The molecule has 0 spiro atoms. The van der Waals surface area contributed by atoms with Gasteiger partial charge in [-0.1, -0.05) is 228 Å². The molecule has 10 heteroatoms. The Morgan fingerprint density at radius 1 is 0.514 bits per heavy atom. The van der Waals surface area contributed by atoms with Crippen LogP contribution in [0.3, 0.4) is 0 Å². The number of likely N-dealkylation sites (N-methyl/N-ethyl adjacent to an activating group) is 1. The topological polar surface area (TPSA) is 111 Å². The molecule has 72 heavy (non-hydrogen) atoms. The largest absolute Gasteiger partial charge is 0.472 e. The van der Waals surface area contributed by atoms with Crippen molar-refractivity contribution >= 4 is 19.7 Å². The normalized spacial score (nSPS) is 14.4. The van der Waals surface area contributed by atoms with E-state index in [1.54, 1.807) is 0 Å². The molecule has 9 nitrogen and oxygen atoms in total. The van der Waals surface area contributed by atoms with E-state index in [0.717, 1.165) is 103 Å². The van der Waals surface area contributed by atoms with Gasteiger partial charge in [0.2, 0.25) is 5.91 Å². The number of hydrogen-bond donors (Lipinski definition) is 2. The third kappa shape index (κ3) is 52.1. The molecular weight excluding hydrogens is 916 g/mol. The summed E-state index contributed by atoms with van der Waals surface area (Å²) >= 11 is 0. The SMILES string of the molecule is CC/C=C/C=C/C=C/CCCCCCCCCC(=O)NC(COP(=O)(O)OCC[N+](C)(C)C)C(/C=C/CCCCCCCCCCCC)OC(=O)CCCCCCCC/C=C\C/C=C\C/C=C\CCCCC. The third-order valence-corrected chi connectivity index (χ3v) is 13.6. The van der Waals surface area contributed by atoms with E-state index in [4.69, 9.17) is 13.8 Å². The summed E-state index contributed by atoms with van der Waals surface area (Å²) in [6, 6.07) is -0.863. The minimum Gasteiger partial charge on any atom is -0.456 e. The van der Waals surface area contributed by atoms with Crippen molar-refractivity contribution in [3.63, 3.8) is 0 Å². The van der Waals surface area contributed by atoms with Crippen LogP contribution in [0, 0.1) is 0 Å². The lowest BCUT2D eigenvalue weighted by Crippen LogP contribution is -2.47. The predicted octanol–water partition coefficient (Wildman–Crippen LogP) is 17.8. The van der Waals surface area contributed by atoms with Gasteiger partial charge in [-0.15, -0.1) is 0 Å². The minimum atomic E-state index is -4.46. The van der Waals surface area contributed by atoms with Gasteiger partial charge in [-0.25, -0.2) is 4.57 Å². The van der Waals surface area contributed by atoms with Gasteiger partial charge >= 0.3 is 13.8 Å². The standard InChI is InChI=1S/C62H111N2O7P/c1-7-10-13-16-19-22-25-28-30-31-32-33-35-37-40-43-46-49-52-55-62(66)71-60(53-50-47-44-41-38-27-24-21-18-15-12-9-3)59(58-70-72(67,68)69-57-56-64(4,5)6)63-61(65)54-51-48-45-42-39-36-34-29-26-23-20-17-14-11-8-2/h11,14,17,19-20,22-23,26,28,30,32-33,50,53,59-60H,7-10,12-13,15-16,18,21,24-25,27,29,31,34-49,51-52,54-58H2,1-6H3,(H-,63,65,67,68)/p+1/b14-11+,20-17+,22-19-,26-23+,30-28-,33-32-,53-50+. The number of allylic oxidation sites excluding steroid dienone is 13. The van der Waals surface area contributed by atoms with E-state index in [2.05, 4.69) is 99.0 Å². The lowest BCUT2D eigenvalue weighted by atomic mass is 10.0. The highest BCUT2D eigenvalue weighted by atomic mass is 31.2. The molecule has 0 heterocycles. The van der Waals surface area contributed by atoms with Gasteiger partial charge in [-0.2, -0.15) is 0 Å². The van der Waals surface area contributed by atoms with Crippen LogP contribution in [0.5, 0.6) is 0 Å². The van der Waals surface area contributed by atoms with Crippen LogP contribution >= 0.6 is 7.82 Å². The number of hydrogen-bond acceptors (Lipinski definition) is 6. The number of nitrogens with one attached hydrogen (secondary N) is 1. The molecule has 0 aliphatic heterocycles. The Kier molecular flexibility index (Phi) is 49.6. The Bertz CT molecular complexity index is 1510. The number of amides is 1. The zero-order valence-electron chi connectivity index (χ0n) is 47.4. The van der Waals surface area contributed by atoms with Crippen LogP contribution in [-0.2, 0) is 27.9 Å². The molecule has 1 amide bonds. The first kappa shape index (κ1) is 69.2. The molecule has 0 aromatic rings. The van der Waals surface area contributed by atoms with Crippen LogP contribution in [0.25, 0.3) is 0 Å². The molecule has 416 valence electrons. The fraction of sp³-hybridized carbons (Fsp3) is 0.742. The Morgan fingerprint density at radius 3 is 1.47 bits per heavy atom.